The van der Waals surface area contributed by atoms with E-state index in [4.69, 9.17) is 5.73 Å². The zero-order chi connectivity index (χ0) is 11.3. The topological polar surface area (TPSA) is 78.5 Å². The molecule has 15 heavy (non-hydrogen) atoms. The Hall–Kier alpha value is -1.26. The molecule has 4 heteroatoms. The Morgan fingerprint density at radius 3 is 2.13 bits per heavy atom. The van der Waals surface area contributed by atoms with Gasteiger partial charge in [-0.3, -0.25) is 0 Å². The van der Waals surface area contributed by atoms with Gasteiger partial charge < -0.3 is 21.3 Å². The molecule has 0 aromatic heterocycles. The van der Waals surface area contributed by atoms with Crippen LogP contribution in [0.4, 0.5) is 11.4 Å². The second-order valence-electron chi connectivity index (χ2n) is 3.70. The van der Waals surface area contributed by atoms with E-state index >= 15 is 0 Å². The number of hydrogen-bond donors (Lipinski definition) is 4. The summed E-state index contributed by atoms with van der Waals surface area (Å²) in [5.41, 5.74) is 6.44. The number of aliphatic hydroxyl groups is 2. The molecule has 0 fully saturated rings. The lowest BCUT2D eigenvalue weighted by Crippen LogP contribution is -2.45. The minimum absolute atomic E-state index is 0.107. The summed E-state index contributed by atoms with van der Waals surface area (Å²) in [6.45, 7) is 1.70. The summed E-state index contributed by atoms with van der Waals surface area (Å²) >= 11 is 0. The normalized spacial score (nSPS) is 11.4. The average Bonchev–Trinajstić information content (AvgIpc) is 2.29. The molecule has 0 unspecified atom stereocenters. The van der Waals surface area contributed by atoms with Crippen molar-refractivity contribution in [1.82, 2.24) is 0 Å². The van der Waals surface area contributed by atoms with Crippen LogP contribution in [-0.4, -0.2) is 29.0 Å². The number of hydrogen-bond acceptors (Lipinski definition) is 4. The van der Waals surface area contributed by atoms with Crippen LogP contribution in [-0.2, 0) is 0 Å². The lowest BCUT2D eigenvalue weighted by Gasteiger charge is -2.30. The molecule has 0 amide bonds. The lowest BCUT2D eigenvalue weighted by atomic mass is 9.98. The standard InChI is InChI=1S/C11H18N2O2/c1-2-11(7-14,8-15)13-10-5-3-9(12)4-6-10/h3-6,13-15H,2,7-8,12H2,1H3. The van der Waals surface area contributed by atoms with Gasteiger partial charge in [0.15, 0.2) is 0 Å². The highest BCUT2D eigenvalue weighted by Gasteiger charge is 2.25. The van der Waals surface area contributed by atoms with Gasteiger partial charge in [-0.25, -0.2) is 0 Å². The molecular weight excluding hydrogens is 192 g/mol. The summed E-state index contributed by atoms with van der Waals surface area (Å²) in [6, 6.07) is 7.20. The minimum Gasteiger partial charge on any atom is -0.399 e. The molecule has 0 bridgehead atoms. The highest BCUT2D eigenvalue weighted by molar-refractivity contribution is 5.52. The Morgan fingerprint density at radius 1 is 1.20 bits per heavy atom. The van der Waals surface area contributed by atoms with Gasteiger partial charge in [-0.05, 0) is 30.7 Å². The van der Waals surface area contributed by atoms with Gasteiger partial charge in [-0.1, -0.05) is 6.92 Å². The van der Waals surface area contributed by atoms with Crippen LogP contribution in [0, 0.1) is 0 Å². The maximum Gasteiger partial charge on any atom is 0.0832 e. The van der Waals surface area contributed by atoms with Crippen molar-refractivity contribution >= 4 is 11.4 Å². The largest absolute Gasteiger partial charge is 0.399 e. The molecule has 1 aromatic carbocycles. The van der Waals surface area contributed by atoms with Gasteiger partial charge in [0.05, 0.1) is 18.8 Å². The van der Waals surface area contributed by atoms with Crippen LogP contribution in [0.1, 0.15) is 13.3 Å². The molecule has 1 rings (SSSR count). The SMILES string of the molecule is CCC(CO)(CO)Nc1ccc(N)cc1. The summed E-state index contributed by atoms with van der Waals surface area (Å²) in [4.78, 5) is 0. The minimum atomic E-state index is -0.657. The summed E-state index contributed by atoms with van der Waals surface area (Å²) in [5, 5.41) is 21.6. The molecule has 0 spiro atoms. The van der Waals surface area contributed by atoms with Gasteiger partial charge in [0, 0.05) is 11.4 Å². The fourth-order valence-corrected chi connectivity index (χ4v) is 1.31. The van der Waals surface area contributed by atoms with Gasteiger partial charge in [0.25, 0.3) is 0 Å². The van der Waals surface area contributed by atoms with E-state index in [9.17, 15) is 10.2 Å². The molecule has 0 aliphatic carbocycles. The van der Waals surface area contributed by atoms with Gasteiger partial charge in [0.1, 0.15) is 0 Å². The highest BCUT2D eigenvalue weighted by atomic mass is 16.3. The second kappa shape index (κ2) is 5.00. The van der Waals surface area contributed by atoms with Gasteiger partial charge in [-0.2, -0.15) is 0 Å². The van der Waals surface area contributed by atoms with Crippen LogP contribution < -0.4 is 11.1 Å². The zero-order valence-electron chi connectivity index (χ0n) is 8.90. The van der Waals surface area contributed by atoms with E-state index in [1.165, 1.54) is 0 Å². The van der Waals surface area contributed by atoms with Gasteiger partial charge in [0.2, 0.25) is 0 Å². The van der Waals surface area contributed by atoms with E-state index in [-0.39, 0.29) is 13.2 Å². The highest BCUT2D eigenvalue weighted by Crippen LogP contribution is 2.19. The number of nitrogen functional groups attached to an aromatic ring is 1. The first-order chi connectivity index (χ1) is 7.15. The third-order valence-electron chi connectivity index (χ3n) is 2.60. The maximum absolute atomic E-state index is 9.25. The van der Waals surface area contributed by atoms with E-state index in [1.54, 1.807) is 12.1 Å². The van der Waals surface area contributed by atoms with E-state index < -0.39 is 5.54 Å². The van der Waals surface area contributed by atoms with Crippen molar-refractivity contribution < 1.29 is 10.2 Å². The molecule has 5 N–H and O–H groups in total. The first-order valence-electron chi connectivity index (χ1n) is 5.01. The molecule has 1 aromatic rings. The number of nitrogens with one attached hydrogen (secondary N) is 1. The molecular formula is C11H18N2O2. The summed E-state index contributed by atoms with van der Waals surface area (Å²) in [7, 11) is 0. The Balaban J connectivity index is 2.78. The van der Waals surface area contributed by atoms with E-state index in [2.05, 4.69) is 5.32 Å². The molecule has 0 aliphatic heterocycles. The molecule has 0 saturated carbocycles. The molecule has 0 radical (unpaired) electrons. The smallest absolute Gasteiger partial charge is 0.0832 e. The lowest BCUT2D eigenvalue weighted by molar-refractivity contribution is 0.132. The fraction of sp³-hybridized carbons (Fsp3) is 0.455. The average molecular weight is 210 g/mol. The zero-order valence-corrected chi connectivity index (χ0v) is 8.90. The molecule has 0 aliphatic rings. The first kappa shape index (κ1) is 11.8. The third-order valence-corrected chi connectivity index (χ3v) is 2.60. The van der Waals surface area contributed by atoms with Crippen molar-refractivity contribution in [3.8, 4) is 0 Å². The number of nitrogens with two attached hydrogens (primary N) is 1. The summed E-state index contributed by atoms with van der Waals surface area (Å²) in [6.07, 6.45) is 0.643. The Labute approximate surface area is 89.7 Å². The summed E-state index contributed by atoms with van der Waals surface area (Å²) < 4.78 is 0. The van der Waals surface area contributed by atoms with Crippen LogP contribution in [0.15, 0.2) is 24.3 Å². The molecule has 4 nitrogen and oxygen atoms in total. The van der Waals surface area contributed by atoms with Crippen LogP contribution in [0.3, 0.4) is 0 Å². The van der Waals surface area contributed by atoms with Crippen molar-refractivity contribution in [2.24, 2.45) is 0 Å². The number of anilines is 2. The number of benzene rings is 1. The Kier molecular flexibility index (Phi) is 3.94. The van der Waals surface area contributed by atoms with Crippen molar-refractivity contribution in [2.45, 2.75) is 18.9 Å². The van der Waals surface area contributed by atoms with Crippen LogP contribution in [0.5, 0.6) is 0 Å². The first-order valence-corrected chi connectivity index (χ1v) is 5.01. The maximum atomic E-state index is 9.25. The van der Waals surface area contributed by atoms with E-state index in [0.29, 0.717) is 12.1 Å². The number of rotatable bonds is 5. The van der Waals surface area contributed by atoms with Crippen molar-refractivity contribution in [2.75, 3.05) is 24.3 Å². The van der Waals surface area contributed by atoms with Crippen LogP contribution in [0.2, 0.25) is 0 Å². The van der Waals surface area contributed by atoms with Crippen LogP contribution in [0.25, 0.3) is 0 Å². The van der Waals surface area contributed by atoms with E-state index in [1.807, 2.05) is 19.1 Å². The fourth-order valence-electron chi connectivity index (χ4n) is 1.31. The van der Waals surface area contributed by atoms with E-state index in [0.717, 1.165) is 5.69 Å². The van der Waals surface area contributed by atoms with Crippen molar-refractivity contribution in [3.63, 3.8) is 0 Å². The van der Waals surface area contributed by atoms with Gasteiger partial charge in [-0.15, -0.1) is 0 Å². The Bertz CT molecular complexity index is 286. The predicted octanol–water partition coefficient (Wildman–Crippen LogP) is 0.814. The predicted molar refractivity (Wildman–Crippen MR) is 61.7 cm³/mol. The molecule has 84 valence electrons. The second-order valence-corrected chi connectivity index (χ2v) is 3.70. The third kappa shape index (κ3) is 2.84. The Morgan fingerprint density at radius 2 is 1.73 bits per heavy atom. The van der Waals surface area contributed by atoms with Crippen LogP contribution >= 0.6 is 0 Å². The molecule has 0 atom stereocenters. The van der Waals surface area contributed by atoms with Gasteiger partial charge >= 0.3 is 0 Å². The number of aliphatic hydroxyl groups excluding tert-OH is 2. The summed E-state index contributed by atoms with van der Waals surface area (Å²) in [5.74, 6) is 0. The quantitative estimate of drug-likeness (QED) is 0.542. The monoisotopic (exact) mass is 210 g/mol. The molecule has 0 saturated heterocycles. The van der Waals surface area contributed by atoms with Crippen molar-refractivity contribution in [3.05, 3.63) is 24.3 Å². The molecule has 0 heterocycles. The van der Waals surface area contributed by atoms with Crippen molar-refractivity contribution in [1.29, 1.82) is 0 Å².